The summed E-state index contributed by atoms with van der Waals surface area (Å²) in [5.41, 5.74) is 23.9. The number of urea groups is 1. The van der Waals surface area contributed by atoms with E-state index in [2.05, 4.69) is 10.6 Å². The van der Waals surface area contributed by atoms with E-state index in [-0.39, 0.29) is 32.2 Å². The molecule has 0 aromatic carbocycles. The van der Waals surface area contributed by atoms with Crippen LogP contribution < -0.4 is 33.6 Å². The Kier molecular flexibility index (Phi) is 13.3. The molecule has 18 heteroatoms. The number of amides is 2. The van der Waals surface area contributed by atoms with Gasteiger partial charge in [-0.25, -0.2) is 9.86 Å². The molecule has 2 amide bonds. The normalized spacial score (nSPS) is 41.7. The van der Waals surface area contributed by atoms with Gasteiger partial charge in [0.1, 0.15) is 36.6 Å². The van der Waals surface area contributed by atoms with Gasteiger partial charge in [0.2, 0.25) is 0 Å². The molecule has 2 aliphatic heterocycles. The van der Waals surface area contributed by atoms with Crippen molar-refractivity contribution < 1.29 is 54.5 Å². The van der Waals surface area contributed by atoms with Gasteiger partial charge in [-0.2, -0.15) is 0 Å². The van der Waals surface area contributed by atoms with Gasteiger partial charge in [-0.15, -0.1) is 0 Å². The number of hydrogen-bond acceptors (Lipinski definition) is 16. The van der Waals surface area contributed by atoms with Crippen LogP contribution in [0.15, 0.2) is 0 Å². The molecule has 0 spiro atoms. The largest absolute Gasteiger partial charge is 0.395 e. The lowest BCUT2D eigenvalue weighted by Gasteiger charge is -2.48. The first-order valence-corrected chi connectivity index (χ1v) is 13.8. The molecule has 3 aliphatic rings. The van der Waals surface area contributed by atoms with Crippen molar-refractivity contribution in [2.24, 2.45) is 22.9 Å². The molecule has 13 unspecified atom stereocenters. The maximum atomic E-state index is 12.6. The highest BCUT2D eigenvalue weighted by molar-refractivity contribution is 5.73. The molecule has 2 saturated heterocycles. The van der Waals surface area contributed by atoms with Crippen molar-refractivity contribution in [1.29, 1.82) is 0 Å². The molecule has 13 atom stereocenters. The van der Waals surface area contributed by atoms with E-state index in [0.29, 0.717) is 31.0 Å². The Morgan fingerprint density at radius 2 is 1.66 bits per heavy atom. The van der Waals surface area contributed by atoms with Gasteiger partial charge in [-0.05, 0) is 19.3 Å². The van der Waals surface area contributed by atoms with E-state index < -0.39 is 86.0 Å². The van der Waals surface area contributed by atoms with Crippen molar-refractivity contribution in [3.8, 4) is 0 Å². The van der Waals surface area contributed by atoms with Gasteiger partial charge < -0.3 is 78.0 Å². The van der Waals surface area contributed by atoms with Crippen LogP contribution in [0.5, 0.6) is 0 Å². The zero-order valence-corrected chi connectivity index (χ0v) is 22.9. The first-order chi connectivity index (χ1) is 19.5. The molecule has 1 saturated carbocycles. The van der Waals surface area contributed by atoms with E-state index in [0.717, 1.165) is 0 Å². The first kappa shape index (κ1) is 34.2. The van der Waals surface area contributed by atoms with Crippen molar-refractivity contribution in [2.45, 2.75) is 98.7 Å². The van der Waals surface area contributed by atoms with E-state index in [1.54, 1.807) is 0 Å². The van der Waals surface area contributed by atoms with Gasteiger partial charge >= 0.3 is 6.03 Å². The number of carbonyl (C=O) groups is 1. The van der Waals surface area contributed by atoms with Crippen LogP contribution in [-0.4, -0.2) is 161 Å². The molecule has 1 aliphatic carbocycles. The predicted molar refractivity (Wildman–Crippen MR) is 140 cm³/mol. The Hall–Kier alpha value is -1.33. The lowest BCUT2D eigenvalue weighted by Crippen LogP contribution is -2.69. The minimum Gasteiger partial charge on any atom is -0.395 e. The third kappa shape index (κ3) is 8.62. The van der Waals surface area contributed by atoms with Crippen molar-refractivity contribution >= 4 is 6.03 Å². The lowest BCUT2D eigenvalue weighted by atomic mass is 9.83. The summed E-state index contributed by atoms with van der Waals surface area (Å²) in [6.45, 7) is -0.0200. The molecule has 41 heavy (non-hydrogen) atoms. The van der Waals surface area contributed by atoms with Gasteiger partial charge in [0.05, 0.1) is 44.0 Å². The number of nitrogens with zero attached hydrogens (tertiary/aromatic N) is 1. The summed E-state index contributed by atoms with van der Waals surface area (Å²) < 4.78 is 23.5. The van der Waals surface area contributed by atoms with Crippen LogP contribution in [0.2, 0.25) is 0 Å². The van der Waals surface area contributed by atoms with E-state index >= 15 is 0 Å². The summed E-state index contributed by atoms with van der Waals surface area (Å²) in [5.74, 6) is 0. The molecule has 2 heterocycles. The van der Waals surface area contributed by atoms with Crippen LogP contribution in [-0.2, 0) is 18.9 Å². The van der Waals surface area contributed by atoms with E-state index in [1.807, 2.05) is 0 Å². The summed E-state index contributed by atoms with van der Waals surface area (Å²) in [5, 5.41) is 66.8. The Balaban J connectivity index is 1.79. The maximum Gasteiger partial charge on any atom is 0.341 e. The molecule has 0 bridgehead atoms. The minimum absolute atomic E-state index is 0.0149. The second kappa shape index (κ2) is 15.9. The monoisotopic (exact) mass is 597 g/mol. The number of hydroxylamine groups is 2. The molecule has 0 aromatic rings. The van der Waals surface area contributed by atoms with Gasteiger partial charge in [0.25, 0.3) is 0 Å². The fourth-order valence-electron chi connectivity index (χ4n) is 5.23. The SMILES string of the molecule is NCCN(O)C(=O)NC1CC(N)C(OC2OC(CNCCO)CCC2N)C(O)C1OC1OC(CO)C(O)C(N)C1O. The molecule has 16 N–H and O–H groups in total. The highest BCUT2D eigenvalue weighted by Crippen LogP contribution is 2.31. The van der Waals surface area contributed by atoms with Crippen LogP contribution >= 0.6 is 0 Å². The zero-order valence-electron chi connectivity index (χ0n) is 22.9. The highest BCUT2D eigenvalue weighted by atomic mass is 16.7. The Bertz CT molecular complexity index is 805. The number of ether oxygens (including phenoxy) is 4. The third-order valence-corrected chi connectivity index (χ3v) is 7.58. The number of rotatable bonds is 12. The number of nitrogens with two attached hydrogens (primary N) is 4. The smallest absolute Gasteiger partial charge is 0.341 e. The second-order valence-electron chi connectivity index (χ2n) is 10.6. The Morgan fingerprint density at radius 1 is 0.951 bits per heavy atom. The van der Waals surface area contributed by atoms with Crippen LogP contribution in [0.25, 0.3) is 0 Å². The molecular formula is C23H47N7O11. The van der Waals surface area contributed by atoms with Gasteiger partial charge in [-0.1, -0.05) is 0 Å². The quantitative estimate of drug-likeness (QED) is 0.0565. The van der Waals surface area contributed by atoms with E-state index in [4.69, 9.17) is 47.0 Å². The topological polar surface area (TPSA) is 307 Å². The van der Waals surface area contributed by atoms with Crippen LogP contribution in [0, 0.1) is 0 Å². The zero-order chi connectivity index (χ0) is 30.3. The third-order valence-electron chi connectivity index (χ3n) is 7.58. The second-order valence-corrected chi connectivity index (χ2v) is 10.6. The number of nitrogens with one attached hydrogen (secondary N) is 2. The summed E-state index contributed by atoms with van der Waals surface area (Å²) in [4.78, 5) is 12.6. The number of aliphatic hydroxyl groups excluding tert-OH is 5. The van der Waals surface area contributed by atoms with Crippen molar-refractivity contribution in [1.82, 2.24) is 15.7 Å². The van der Waals surface area contributed by atoms with Crippen LogP contribution in [0.3, 0.4) is 0 Å². The Morgan fingerprint density at radius 3 is 2.32 bits per heavy atom. The van der Waals surface area contributed by atoms with Gasteiger partial charge in [0, 0.05) is 25.7 Å². The Labute approximate surface area is 237 Å². The summed E-state index contributed by atoms with van der Waals surface area (Å²) in [6, 6.07) is -4.62. The molecule has 240 valence electrons. The fraction of sp³-hybridized carbons (Fsp3) is 0.957. The molecule has 18 nitrogen and oxygen atoms in total. The van der Waals surface area contributed by atoms with Crippen molar-refractivity contribution in [2.75, 3.05) is 39.4 Å². The summed E-state index contributed by atoms with van der Waals surface area (Å²) in [7, 11) is 0. The predicted octanol–water partition coefficient (Wildman–Crippen LogP) is -6.24. The highest BCUT2D eigenvalue weighted by Gasteiger charge is 2.51. The lowest BCUT2D eigenvalue weighted by molar-refractivity contribution is -0.314. The van der Waals surface area contributed by atoms with Crippen LogP contribution in [0.1, 0.15) is 19.3 Å². The van der Waals surface area contributed by atoms with E-state index in [1.165, 1.54) is 0 Å². The minimum atomic E-state index is -1.57. The average molecular weight is 598 g/mol. The average Bonchev–Trinajstić information content (AvgIpc) is 2.94. The van der Waals surface area contributed by atoms with Gasteiger partial charge in [0.15, 0.2) is 12.6 Å². The first-order valence-electron chi connectivity index (χ1n) is 13.8. The van der Waals surface area contributed by atoms with Gasteiger partial charge in [-0.3, -0.25) is 5.21 Å². The standard InChI is InChI=1S/C23H47N7O11/c24-3-5-30(37)23(36)29-13-7-12(26)19(40-21-11(25)2-1-10(38-21)8-28-4-6-31)18(35)20(13)41-22-17(34)15(27)16(33)14(9-32)39-22/h10-22,28,31-35,37H,1-9,24-27H2,(H,29,36). The number of aliphatic hydroxyl groups is 5. The van der Waals surface area contributed by atoms with E-state index in [9.17, 15) is 30.4 Å². The number of hydrogen-bond donors (Lipinski definition) is 12. The molecule has 3 fully saturated rings. The van der Waals surface area contributed by atoms with Crippen molar-refractivity contribution in [3.05, 3.63) is 0 Å². The molecule has 0 aromatic heterocycles. The van der Waals surface area contributed by atoms with Crippen molar-refractivity contribution in [3.63, 3.8) is 0 Å². The maximum absolute atomic E-state index is 12.6. The molecule has 0 radical (unpaired) electrons. The molecule has 3 rings (SSSR count). The summed E-state index contributed by atoms with van der Waals surface area (Å²) >= 11 is 0. The number of carbonyl (C=O) groups excluding carboxylic acids is 1. The summed E-state index contributed by atoms with van der Waals surface area (Å²) in [6.07, 6.45) is -9.69. The molecular weight excluding hydrogens is 550 g/mol. The van der Waals surface area contributed by atoms with Crippen LogP contribution in [0.4, 0.5) is 4.79 Å². The fourth-order valence-corrected chi connectivity index (χ4v) is 5.23.